The highest BCUT2D eigenvalue weighted by Crippen LogP contribution is 2.35. The number of hydrogen-bond acceptors (Lipinski definition) is 3. The van der Waals surface area contributed by atoms with Crippen LogP contribution in [0.1, 0.15) is 12.8 Å². The number of rotatable bonds is 6. The van der Waals surface area contributed by atoms with Crippen molar-refractivity contribution >= 4 is 27.7 Å². The van der Waals surface area contributed by atoms with E-state index in [9.17, 15) is 0 Å². The van der Waals surface area contributed by atoms with Crippen LogP contribution in [0.5, 0.6) is 0 Å². The summed E-state index contributed by atoms with van der Waals surface area (Å²) in [6.45, 7) is 2.71. The molecule has 0 unspecified atom stereocenters. The number of methoxy groups -OCH3 is 1. The Balaban J connectivity index is 2.22. The Hall–Kier alpha value is 0.750. The van der Waals surface area contributed by atoms with E-state index in [0.717, 1.165) is 30.9 Å². The average molecular weight is 283 g/mol. The molecule has 1 fully saturated rings. The highest BCUT2D eigenvalue weighted by Gasteiger charge is 2.31. The molecular weight excluding hydrogens is 264 g/mol. The van der Waals surface area contributed by atoms with Gasteiger partial charge in [-0.1, -0.05) is 15.9 Å². The predicted octanol–water partition coefficient (Wildman–Crippen LogP) is 2.56. The molecule has 1 aliphatic heterocycles. The summed E-state index contributed by atoms with van der Waals surface area (Å²) in [7, 11) is 1.76. The molecule has 14 heavy (non-hydrogen) atoms. The fourth-order valence-electron chi connectivity index (χ4n) is 1.55. The molecule has 0 radical (unpaired) electrons. The second-order valence-corrected chi connectivity index (χ2v) is 5.46. The molecule has 2 nitrogen and oxygen atoms in total. The van der Waals surface area contributed by atoms with Crippen LogP contribution in [-0.2, 0) is 9.47 Å². The maximum absolute atomic E-state index is 5.40. The fourth-order valence-corrected chi connectivity index (χ4v) is 3.83. The van der Waals surface area contributed by atoms with Crippen molar-refractivity contribution in [3.63, 3.8) is 0 Å². The Kier molecular flexibility index (Phi) is 6.50. The van der Waals surface area contributed by atoms with Crippen LogP contribution in [0.25, 0.3) is 0 Å². The maximum Gasteiger partial charge on any atom is 0.0552 e. The molecule has 0 atom stereocenters. The van der Waals surface area contributed by atoms with E-state index in [0.29, 0.717) is 5.41 Å². The molecule has 0 amide bonds. The normalized spacial score (nSPS) is 21.0. The van der Waals surface area contributed by atoms with E-state index >= 15 is 0 Å². The molecule has 4 heteroatoms. The van der Waals surface area contributed by atoms with Crippen LogP contribution in [0.15, 0.2) is 0 Å². The van der Waals surface area contributed by atoms with Gasteiger partial charge in [0.15, 0.2) is 0 Å². The molecule has 0 N–H and O–H groups in total. The molecule has 1 rings (SSSR count). The molecule has 0 bridgehead atoms. The van der Waals surface area contributed by atoms with E-state index in [1.54, 1.807) is 7.11 Å². The minimum atomic E-state index is 0.469. The van der Waals surface area contributed by atoms with E-state index in [4.69, 9.17) is 9.47 Å². The molecule has 0 aliphatic carbocycles. The van der Waals surface area contributed by atoms with Crippen molar-refractivity contribution in [1.29, 1.82) is 0 Å². The lowest BCUT2D eigenvalue weighted by Gasteiger charge is -2.35. The van der Waals surface area contributed by atoms with Gasteiger partial charge in [0.25, 0.3) is 0 Å². The Morgan fingerprint density at radius 2 is 2.14 bits per heavy atom. The topological polar surface area (TPSA) is 18.5 Å². The van der Waals surface area contributed by atoms with Crippen molar-refractivity contribution < 1.29 is 9.47 Å². The number of hydrogen-bond donors (Lipinski definition) is 0. The van der Waals surface area contributed by atoms with Crippen LogP contribution in [0, 0.1) is 5.41 Å². The van der Waals surface area contributed by atoms with Gasteiger partial charge in [0.05, 0.1) is 6.61 Å². The fraction of sp³-hybridized carbons (Fsp3) is 1.00. The Morgan fingerprint density at radius 3 is 2.71 bits per heavy atom. The minimum absolute atomic E-state index is 0.469. The summed E-state index contributed by atoms with van der Waals surface area (Å²) in [5, 5.41) is 1.10. The van der Waals surface area contributed by atoms with Crippen molar-refractivity contribution in [3.8, 4) is 0 Å². The van der Waals surface area contributed by atoms with Crippen LogP contribution in [0.2, 0.25) is 0 Å². The van der Waals surface area contributed by atoms with Crippen molar-refractivity contribution in [2.24, 2.45) is 5.41 Å². The quantitative estimate of drug-likeness (QED) is 0.551. The largest absolute Gasteiger partial charge is 0.384 e. The molecule has 84 valence electrons. The van der Waals surface area contributed by atoms with Gasteiger partial charge in [-0.05, 0) is 24.0 Å². The van der Waals surface area contributed by atoms with Crippen molar-refractivity contribution in [3.05, 3.63) is 0 Å². The number of alkyl halides is 1. The highest BCUT2D eigenvalue weighted by molar-refractivity contribution is 9.09. The molecule has 1 aliphatic rings. The molecule has 0 aromatic heterocycles. The summed E-state index contributed by atoms with van der Waals surface area (Å²) in [6, 6.07) is 0. The first-order valence-electron chi connectivity index (χ1n) is 5.03. The zero-order chi connectivity index (χ0) is 10.3. The molecule has 1 saturated heterocycles. The summed E-state index contributed by atoms with van der Waals surface area (Å²) in [4.78, 5) is 0. The summed E-state index contributed by atoms with van der Waals surface area (Å²) < 4.78 is 10.4. The summed E-state index contributed by atoms with van der Waals surface area (Å²) in [5.41, 5.74) is 0.469. The summed E-state index contributed by atoms with van der Waals surface area (Å²) in [5.74, 6) is 2.33. The predicted molar refractivity (Wildman–Crippen MR) is 65.5 cm³/mol. The minimum Gasteiger partial charge on any atom is -0.384 e. The van der Waals surface area contributed by atoms with Gasteiger partial charge < -0.3 is 9.47 Å². The summed E-state index contributed by atoms with van der Waals surface area (Å²) >= 11 is 5.63. The van der Waals surface area contributed by atoms with Gasteiger partial charge in [0.2, 0.25) is 0 Å². The maximum atomic E-state index is 5.40. The Bertz CT molecular complexity index is 149. The Morgan fingerprint density at radius 1 is 1.43 bits per heavy atom. The third-order valence-electron chi connectivity index (χ3n) is 2.68. The summed E-state index contributed by atoms with van der Waals surface area (Å²) in [6.07, 6.45) is 2.39. The molecule has 1 heterocycles. The van der Waals surface area contributed by atoms with Crippen LogP contribution in [0.4, 0.5) is 0 Å². The van der Waals surface area contributed by atoms with E-state index in [-0.39, 0.29) is 0 Å². The van der Waals surface area contributed by atoms with Gasteiger partial charge in [-0.15, -0.1) is 0 Å². The third kappa shape index (κ3) is 4.09. The van der Waals surface area contributed by atoms with Gasteiger partial charge in [-0.25, -0.2) is 0 Å². The lowest BCUT2D eigenvalue weighted by molar-refractivity contribution is 0.0374. The average Bonchev–Trinajstić information content (AvgIpc) is 2.26. The van der Waals surface area contributed by atoms with Gasteiger partial charge in [-0.3, -0.25) is 0 Å². The second-order valence-electron chi connectivity index (χ2n) is 3.79. The van der Waals surface area contributed by atoms with Gasteiger partial charge >= 0.3 is 0 Å². The lowest BCUT2D eigenvalue weighted by atomic mass is 9.85. The van der Waals surface area contributed by atoms with E-state index in [1.165, 1.54) is 18.6 Å². The van der Waals surface area contributed by atoms with Crippen LogP contribution in [0.3, 0.4) is 0 Å². The van der Waals surface area contributed by atoms with Crippen LogP contribution < -0.4 is 0 Å². The molecule has 0 aromatic rings. The lowest BCUT2D eigenvalue weighted by Crippen LogP contribution is -2.33. The van der Waals surface area contributed by atoms with Crippen molar-refractivity contribution in [2.45, 2.75) is 12.8 Å². The van der Waals surface area contributed by atoms with Crippen LogP contribution >= 0.6 is 27.7 Å². The first-order chi connectivity index (χ1) is 6.83. The molecule has 0 spiro atoms. The first-order valence-corrected chi connectivity index (χ1v) is 7.31. The van der Waals surface area contributed by atoms with E-state index in [1.807, 2.05) is 11.8 Å². The van der Waals surface area contributed by atoms with Gasteiger partial charge in [0.1, 0.15) is 0 Å². The van der Waals surface area contributed by atoms with Crippen molar-refractivity contribution in [2.75, 3.05) is 43.8 Å². The van der Waals surface area contributed by atoms with Gasteiger partial charge in [0, 0.05) is 31.4 Å². The molecule has 0 aromatic carbocycles. The van der Waals surface area contributed by atoms with Crippen LogP contribution in [-0.4, -0.2) is 43.8 Å². The second kappa shape index (κ2) is 7.09. The molecule has 0 saturated carbocycles. The van der Waals surface area contributed by atoms with E-state index < -0.39 is 0 Å². The first kappa shape index (κ1) is 12.8. The standard InChI is InChI=1S/C10H19BrO2S/c1-12-6-7-14-9-10(8-11)2-4-13-5-3-10/h2-9H2,1H3. The monoisotopic (exact) mass is 282 g/mol. The highest BCUT2D eigenvalue weighted by atomic mass is 79.9. The van der Waals surface area contributed by atoms with E-state index in [2.05, 4.69) is 15.9 Å². The SMILES string of the molecule is COCCSCC1(CBr)CCOCC1. The molecular formula is C10H19BrO2S. The number of ether oxygens (including phenoxy) is 2. The number of halogens is 1. The van der Waals surface area contributed by atoms with Crippen molar-refractivity contribution in [1.82, 2.24) is 0 Å². The van der Waals surface area contributed by atoms with Gasteiger partial charge in [-0.2, -0.15) is 11.8 Å². The smallest absolute Gasteiger partial charge is 0.0552 e. The zero-order valence-corrected chi connectivity index (χ0v) is 11.2. The third-order valence-corrected chi connectivity index (χ3v) is 5.14. The zero-order valence-electron chi connectivity index (χ0n) is 8.76. The number of thioether (sulfide) groups is 1. The Labute approximate surface area is 99.2 Å².